The molecule has 5 heteroatoms. The number of rotatable bonds is 5. The molecule has 0 unspecified atom stereocenters. The molecule has 28 heavy (non-hydrogen) atoms. The summed E-state index contributed by atoms with van der Waals surface area (Å²) in [5, 5.41) is 2.99. The molecule has 1 N–H and O–H groups in total. The van der Waals surface area contributed by atoms with Gasteiger partial charge in [-0.25, -0.2) is 4.79 Å². The molecular formula is C23H21N3O2. The fourth-order valence-electron chi connectivity index (χ4n) is 3.47. The van der Waals surface area contributed by atoms with Crippen molar-refractivity contribution >= 4 is 22.6 Å². The van der Waals surface area contributed by atoms with Gasteiger partial charge in [-0.2, -0.15) is 0 Å². The second-order valence-corrected chi connectivity index (χ2v) is 6.69. The Labute approximate surface area is 162 Å². The number of fused-ring (bicyclic) bond motifs is 1. The van der Waals surface area contributed by atoms with Crippen molar-refractivity contribution in [3.8, 4) is 11.1 Å². The number of anilines is 1. The van der Waals surface area contributed by atoms with E-state index in [0.29, 0.717) is 6.54 Å². The molecule has 1 aromatic heterocycles. The van der Waals surface area contributed by atoms with Crippen LogP contribution >= 0.6 is 0 Å². The van der Waals surface area contributed by atoms with Crippen molar-refractivity contribution in [2.24, 2.45) is 7.05 Å². The van der Waals surface area contributed by atoms with Crippen molar-refractivity contribution in [1.29, 1.82) is 0 Å². The zero-order chi connectivity index (χ0) is 19.5. The number of benzene rings is 3. The Kier molecular flexibility index (Phi) is 4.81. The maximum Gasteiger partial charge on any atom is 0.328 e. The summed E-state index contributed by atoms with van der Waals surface area (Å²) in [6, 6.07) is 25.3. The minimum Gasteiger partial charge on any atom is -0.325 e. The Morgan fingerprint density at radius 1 is 0.857 bits per heavy atom. The van der Waals surface area contributed by atoms with E-state index in [2.05, 4.69) is 5.32 Å². The molecule has 0 aliphatic rings. The van der Waals surface area contributed by atoms with Crippen molar-refractivity contribution in [1.82, 2.24) is 9.13 Å². The van der Waals surface area contributed by atoms with Crippen molar-refractivity contribution in [3.63, 3.8) is 0 Å². The van der Waals surface area contributed by atoms with Crippen LogP contribution in [0.25, 0.3) is 22.2 Å². The van der Waals surface area contributed by atoms with E-state index in [1.165, 1.54) is 0 Å². The van der Waals surface area contributed by atoms with Gasteiger partial charge < -0.3 is 5.32 Å². The quantitative estimate of drug-likeness (QED) is 0.576. The first-order chi connectivity index (χ1) is 13.6. The van der Waals surface area contributed by atoms with E-state index in [4.69, 9.17) is 0 Å². The van der Waals surface area contributed by atoms with Gasteiger partial charge in [0.2, 0.25) is 5.91 Å². The zero-order valence-electron chi connectivity index (χ0n) is 15.6. The van der Waals surface area contributed by atoms with Gasteiger partial charge in [0.05, 0.1) is 11.0 Å². The van der Waals surface area contributed by atoms with Gasteiger partial charge in [0, 0.05) is 31.3 Å². The van der Waals surface area contributed by atoms with Crippen molar-refractivity contribution < 1.29 is 4.79 Å². The fourth-order valence-corrected chi connectivity index (χ4v) is 3.47. The largest absolute Gasteiger partial charge is 0.328 e. The molecule has 3 aromatic carbocycles. The Balaban J connectivity index is 1.53. The summed E-state index contributed by atoms with van der Waals surface area (Å²) < 4.78 is 3.26. The van der Waals surface area contributed by atoms with E-state index >= 15 is 0 Å². The maximum atomic E-state index is 12.6. The molecule has 0 atom stereocenters. The molecule has 0 bridgehead atoms. The molecule has 1 amide bonds. The van der Waals surface area contributed by atoms with Crippen LogP contribution in [0.5, 0.6) is 0 Å². The Morgan fingerprint density at radius 2 is 1.50 bits per heavy atom. The first kappa shape index (κ1) is 17.8. The van der Waals surface area contributed by atoms with E-state index in [0.717, 1.165) is 27.8 Å². The number of aryl methyl sites for hydroxylation is 2. The third kappa shape index (κ3) is 3.34. The monoisotopic (exact) mass is 371 g/mol. The zero-order valence-corrected chi connectivity index (χ0v) is 15.6. The number of carbonyl (C=O) groups excluding carboxylic acids is 1. The smallest absolute Gasteiger partial charge is 0.325 e. The van der Waals surface area contributed by atoms with Crippen molar-refractivity contribution in [2.45, 2.75) is 13.0 Å². The summed E-state index contributed by atoms with van der Waals surface area (Å²) in [7, 11) is 1.75. The molecule has 0 aliphatic carbocycles. The van der Waals surface area contributed by atoms with Gasteiger partial charge in [0.15, 0.2) is 0 Å². The highest BCUT2D eigenvalue weighted by atomic mass is 16.2. The lowest BCUT2D eigenvalue weighted by atomic mass is 10.0. The van der Waals surface area contributed by atoms with Crippen molar-refractivity contribution in [3.05, 3.63) is 89.3 Å². The van der Waals surface area contributed by atoms with Crippen LogP contribution in [0.4, 0.5) is 5.69 Å². The van der Waals surface area contributed by atoms with E-state index < -0.39 is 0 Å². The van der Waals surface area contributed by atoms with Crippen molar-refractivity contribution in [2.75, 3.05) is 5.32 Å². The summed E-state index contributed by atoms with van der Waals surface area (Å²) in [6.07, 6.45) is 0.219. The van der Waals surface area contributed by atoms with Gasteiger partial charge in [-0.3, -0.25) is 13.9 Å². The molecule has 0 aliphatic heterocycles. The molecule has 0 spiro atoms. The van der Waals surface area contributed by atoms with Crippen LogP contribution in [0.15, 0.2) is 83.7 Å². The number of nitrogens with one attached hydrogen (secondary N) is 1. The summed E-state index contributed by atoms with van der Waals surface area (Å²) in [4.78, 5) is 25.1. The van der Waals surface area contributed by atoms with Gasteiger partial charge in [-0.05, 0) is 23.8 Å². The molecule has 140 valence electrons. The topological polar surface area (TPSA) is 56.0 Å². The second kappa shape index (κ2) is 7.56. The van der Waals surface area contributed by atoms with E-state index in [9.17, 15) is 9.59 Å². The van der Waals surface area contributed by atoms with Gasteiger partial charge in [-0.1, -0.05) is 60.7 Å². The lowest BCUT2D eigenvalue weighted by Crippen LogP contribution is -2.24. The summed E-state index contributed by atoms with van der Waals surface area (Å²) in [6.45, 7) is 0.333. The summed E-state index contributed by atoms with van der Waals surface area (Å²) in [5.74, 6) is -0.122. The number of hydrogen-bond donors (Lipinski definition) is 1. The molecule has 0 fully saturated rings. The number of imidazole rings is 1. The van der Waals surface area contributed by atoms with Gasteiger partial charge >= 0.3 is 5.69 Å². The van der Waals surface area contributed by atoms with Gasteiger partial charge in [0.1, 0.15) is 0 Å². The Morgan fingerprint density at radius 3 is 2.29 bits per heavy atom. The molecule has 1 heterocycles. The molecule has 0 saturated heterocycles. The van der Waals surface area contributed by atoms with E-state index in [1.54, 1.807) is 16.2 Å². The van der Waals surface area contributed by atoms with Gasteiger partial charge in [-0.15, -0.1) is 0 Å². The Bertz CT molecular complexity index is 1190. The summed E-state index contributed by atoms with van der Waals surface area (Å²) in [5.41, 5.74) is 4.37. The standard InChI is InChI=1S/C23H21N3O2/c1-25-20-13-7-8-14-21(20)26(23(25)28)16-15-22(27)24-19-12-6-5-11-18(19)17-9-3-2-4-10-17/h2-14H,15-16H2,1H3,(H,24,27). The van der Waals surface area contributed by atoms with E-state index in [-0.39, 0.29) is 18.0 Å². The lowest BCUT2D eigenvalue weighted by Gasteiger charge is -2.11. The van der Waals surface area contributed by atoms with E-state index in [1.807, 2.05) is 78.9 Å². The van der Waals surface area contributed by atoms with Crippen LogP contribution in [0.2, 0.25) is 0 Å². The minimum atomic E-state index is -0.122. The molecule has 0 saturated carbocycles. The number of carbonyl (C=O) groups is 1. The molecule has 4 rings (SSSR count). The summed E-state index contributed by atoms with van der Waals surface area (Å²) >= 11 is 0. The number of nitrogens with zero attached hydrogens (tertiary/aromatic N) is 2. The average molecular weight is 371 g/mol. The maximum absolute atomic E-state index is 12.6. The number of amides is 1. The van der Waals surface area contributed by atoms with Crippen LogP contribution in [-0.4, -0.2) is 15.0 Å². The number of para-hydroxylation sites is 3. The Hall–Kier alpha value is -3.60. The first-order valence-corrected chi connectivity index (χ1v) is 9.24. The van der Waals surface area contributed by atoms with Crippen LogP contribution in [0.1, 0.15) is 6.42 Å². The molecular weight excluding hydrogens is 350 g/mol. The third-order valence-electron chi connectivity index (χ3n) is 4.90. The highest BCUT2D eigenvalue weighted by molar-refractivity contribution is 5.95. The second-order valence-electron chi connectivity index (χ2n) is 6.69. The molecule has 0 radical (unpaired) electrons. The highest BCUT2D eigenvalue weighted by Crippen LogP contribution is 2.27. The van der Waals surface area contributed by atoms with Crippen LogP contribution in [-0.2, 0) is 18.4 Å². The lowest BCUT2D eigenvalue weighted by molar-refractivity contribution is -0.116. The predicted octanol–water partition coefficient (Wildman–Crippen LogP) is 4.04. The molecule has 4 aromatic rings. The number of aromatic nitrogens is 2. The van der Waals surface area contributed by atoms with Crippen LogP contribution < -0.4 is 11.0 Å². The SMILES string of the molecule is Cn1c(=O)n(CCC(=O)Nc2ccccc2-c2ccccc2)c2ccccc21. The highest BCUT2D eigenvalue weighted by Gasteiger charge is 2.12. The first-order valence-electron chi connectivity index (χ1n) is 9.24. The molecule has 5 nitrogen and oxygen atoms in total. The number of hydrogen-bond acceptors (Lipinski definition) is 2. The average Bonchev–Trinajstić information content (AvgIpc) is 2.98. The minimum absolute atomic E-state index is 0.112. The van der Waals surface area contributed by atoms with Gasteiger partial charge in [0.25, 0.3) is 0 Å². The van der Waals surface area contributed by atoms with Crippen LogP contribution in [0.3, 0.4) is 0 Å². The predicted molar refractivity (Wildman–Crippen MR) is 112 cm³/mol. The fraction of sp³-hybridized carbons (Fsp3) is 0.130. The third-order valence-corrected chi connectivity index (χ3v) is 4.90. The van der Waals surface area contributed by atoms with Crippen LogP contribution in [0, 0.1) is 0 Å². The normalized spacial score (nSPS) is 10.9.